The first-order valence-electron chi connectivity index (χ1n) is 2.90. The van der Waals surface area contributed by atoms with Crippen molar-refractivity contribution in [3.05, 3.63) is 0 Å². The number of rotatable bonds is 4. The van der Waals surface area contributed by atoms with E-state index in [0.717, 1.165) is 6.42 Å². The second-order valence-corrected chi connectivity index (χ2v) is 1.70. The highest BCUT2D eigenvalue weighted by Crippen LogP contribution is 1.94. The molecule has 0 atom stereocenters. The van der Waals surface area contributed by atoms with Crippen LogP contribution in [0.5, 0.6) is 0 Å². The molecule has 1 N–H and O–H groups in total. The molecule has 0 aliphatic heterocycles. The Kier molecular flexibility index (Phi) is 13.6. The first kappa shape index (κ1) is 10.9. The summed E-state index contributed by atoms with van der Waals surface area (Å²) >= 11 is 0. The molecule has 0 amide bonds. The summed E-state index contributed by atoms with van der Waals surface area (Å²) in [5.74, 6) is 0. The average molecular weight is 136 g/mol. The number of nitrogens with one attached hydrogen (secondary N) is 1. The normalized spacial score (nSPS) is 7.62. The van der Waals surface area contributed by atoms with Crippen molar-refractivity contribution in [2.24, 2.45) is 0 Å². The molecule has 0 rings (SSSR count). The molecule has 8 heavy (non-hydrogen) atoms. The van der Waals surface area contributed by atoms with Gasteiger partial charge in [0.2, 0.25) is 0 Å². The highest BCUT2D eigenvalue weighted by Gasteiger charge is 1.78. The molecule has 0 aromatic heterocycles. The maximum atomic E-state index is 6.66. The van der Waals surface area contributed by atoms with Gasteiger partial charge in [0.15, 0.2) is 0 Å². The third-order valence-corrected chi connectivity index (χ3v) is 0.952. The Morgan fingerprint density at radius 1 is 1.38 bits per heavy atom. The van der Waals surface area contributed by atoms with Crippen molar-refractivity contribution in [2.45, 2.75) is 32.6 Å². The molecule has 0 fully saturated rings. The monoisotopic (exact) mass is 135 g/mol. The Morgan fingerprint density at radius 2 is 2.00 bits per heavy atom. The molecule has 0 bridgehead atoms. The highest BCUT2D eigenvalue weighted by atomic mass is 35.5. The Hall–Kier alpha value is -0.0400. The summed E-state index contributed by atoms with van der Waals surface area (Å²) in [6.45, 7) is 2.17. The van der Waals surface area contributed by atoms with Crippen molar-refractivity contribution in [3.63, 3.8) is 0 Å². The van der Waals surface area contributed by atoms with Gasteiger partial charge in [0.25, 0.3) is 0 Å². The van der Waals surface area contributed by atoms with Gasteiger partial charge in [-0.25, -0.2) is 0 Å². The molecule has 0 aliphatic carbocycles. The van der Waals surface area contributed by atoms with E-state index in [4.69, 9.17) is 5.41 Å². The average Bonchev–Trinajstić information content (AvgIpc) is 1.69. The Bertz CT molecular complexity index is 45.8. The minimum Gasteiger partial charge on any atom is -0.313 e. The number of hydrogen-bond donors (Lipinski definition) is 1. The number of hydrogen-bond acceptors (Lipinski definition) is 1. The van der Waals surface area contributed by atoms with E-state index in [1.54, 1.807) is 0 Å². The summed E-state index contributed by atoms with van der Waals surface area (Å²) in [5.41, 5.74) is 0. The summed E-state index contributed by atoms with van der Waals surface area (Å²) in [6, 6.07) is 0. The third-order valence-electron chi connectivity index (χ3n) is 0.952. The molecule has 0 aromatic carbocycles. The molecule has 0 spiro atoms. The largest absolute Gasteiger partial charge is 0.313 e. The van der Waals surface area contributed by atoms with Crippen molar-refractivity contribution >= 4 is 18.6 Å². The van der Waals surface area contributed by atoms with E-state index in [1.165, 1.54) is 25.5 Å². The fraction of sp³-hybridized carbons (Fsp3) is 0.833. The smallest absolute Gasteiger partial charge is 0.00477 e. The Labute approximate surface area is 57.4 Å². The topological polar surface area (TPSA) is 23.9 Å². The molecule has 0 saturated heterocycles. The molecule has 0 aliphatic rings. The van der Waals surface area contributed by atoms with Crippen LogP contribution in [-0.4, -0.2) is 6.21 Å². The lowest BCUT2D eigenvalue weighted by atomic mass is 10.2. The van der Waals surface area contributed by atoms with E-state index < -0.39 is 0 Å². The lowest BCUT2D eigenvalue weighted by molar-refractivity contribution is 0.745. The van der Waals surface area contributed by atoms with Crippen molar-refractivity contribution in [1.82, 2.24) is 0 Å². The van der Waals surface area contributed by atoms with Crippen molar-refractivity contribution in [1.29, 1.82) is 5.41 Å². The van der Waals surface area contributed by atoms with E-state index in [0.29, 0.717) is 0 Å². The van der Waals surface area contributed by atoms with Crippen LogP contribution in [0.15, 0.2) is 0 Å². The van der Waals surface area contributed by atoms with Crippen LogP contribution in [0.25, 0.3) is 0 Å². The van der Waals surface area contributed by atoms with Gasteiger partial charge in [-0.2, -0.15) is 0 Å². The van der Waals surface area contributed by atoms with Crippen molar-refractivity contribution in [2.75, 3.05) is 0 Å². The zero-order chi connectivity index (χ0) is 5.54. The van der Waals surface area contributed by atoms with Crippen LogP contribution in [0.4, 0.5) is 0 Å². The predicted octanol–water partition coefficient (Wildman–Crippen LogP) is 2.64. The minimum absolute atomic E-state index is 0. The van der Waals surface area contributed by atoms with E-state index in [9.17, 15) is 0 Å². The molecule has 1 nitrogen and oxygen atoms in total. The van der Waals surface area contributed by atoms with Gasteiger partial charge in [-0.1, -0.05) is 19.8 Å². The van der Waals surface area contributed by atoms with E-state index >= 15 is 0 Å². The second kappa shape index (κ2) is 10.0. The van der Waals surface area contributed by atoms with Gasteiger partial charge < -0.3 is 5.41 Å². The Morgan fingerprint density at radius 3 is 2.38 bits per heavy atom. The first-order chi connectivity index (χ1) is 3.41. The summed E-state index contributed by atoms with van der Waals surface area (Å²) in [7, 11) is 0. The maximum Gasteiger partial charge on any atom is -0.00477 e. The minimum atomic E-state index is 0. The van der Waals surface area contributed by atoms with E-state index in [1.807, 2.05) is 0 Å². The molecular weight excluding hydrogens is 122 g/mol. The van der Waals surface area contributed by atoms with Crippen molar-refractivity contribution < 1.29 is 0 Å². The van der Waals surface area contributed by atoms with Gasteiger partial charge in [0, 0.05) is 0 Å². The van der Waals surface area contributed by atoms with Gasteiger partial charge in [0.1, 0.15) is 0 Å². The van der Waals surface area contributed by atoms with Crippen LogP contribution in [0.1, 0.15) is 32.6 Å². The first-order valence-corrected chi connectivity index (χ1v) is 2.90. The maximum absolute atomic E-state index is 6.66. The fourth-order valence-electron chi connectivity index (χ4n) is 0.496. The van der Waals surface area contributed by atoms with Gasteiger partial charge in [-0.15, -0.1) is 12.4 Å². The summed E-state index contributed by atoms with van der Waals surface area (Å²) < 4.78 is 0. The van der Waals surface area contributed by atoms with Crippen LogP contribution in [0.2, 0.25) is 0 Å². The molecule has 0 saturated carbocycles. The molecule has 0 heterocycles. The van der Waals surface area contributed by atoms with Gasteiger partial charge in [0.05, 0.1) is 0 Å². The SMILES string of the molecule is CCCCCC=N.Cl. The molecular formula is C6H14ClN. The van der Waals surface area contributed by atoms with E-state index in [-0.39, 0.29) is 12.4 Å². The van der Waals surface area contributed by atoms with Crippen LogP contribution >= 0.6 is 12.4 Å². The lowest BCUT2D eigenvalue weighted by Gasteiger charge is -1.87. The zero-order valence-electron chi connectivity index (χ0n) is 5.31. The van der Waals surface area contributed by atoms with Crippen LogP contribution in [-0.2, 0) is 0 Å². The number of halogens is 1. The van der Waals surface area contributed by atoms with Crippen LogP contribution in [0.3, 0.4) is 0 Å². The van der Waals surface area contributed by atoms with Crippen LogP contribution < -0.4 is 0 Å². The molecule has 2 heteroatoms. The van der Waals surface area contributed by atoms with Crippen molar-refractivity contribution in [3.8, 4) is 0 Å². The summed E-state index contributed by atoms with van der Waals surface area (Å²) in [6.07, 6.45) is 6.17. The molecule has 0 aromatic rings. The molecule has 50 valence electrons. The zero-order valence-corrected chi connectivity index (χ0v) is 6.13. The van der Waals surface area contributed by atoms with Gasteiger partial charge >= 0.3 is 0 Å². The van der Waals surface area contributed by atoms with E-state index in [2.05, 4.69) is 6.92 Å². The summed E-state index contributed by atoms with van der Waals surface area (Å²) in [5, 5.41) is 6.66. The second-order valence-electron chi connectivity index (χ2n) is 1.70. The lowest BCUT2D eigenvalue weighted by Crippen LogP contribution is -1.73. The Balaban J connectivity index is 0. The molecule has 0 radical (unpaired) electrons. The third kappa shape index (κ3) is 9.35. The molecule has 0 unspecified atom stereocenters. The fourth-order valence-corrected chi connectivity index (χ4v) is 0.496. The standard InChI is InChI=1S/C6H13N.ClH/c1-2-3-4-5-6-7;/h6-7H,2-5H2,1H3;1H. The number of unbranched alkanes of at least 4 members (excludes halogenated alkanes) is 3. The highest BCUT2D eigenvalue weighted by molar-refractivity contribution is 5.85. The van der Waals surface area contributed by atoms with Gasteiger partial charge in [-0.05, 0) is 19.1 Å². The predicted molar refractivity (Wildman–Crippen MR) is 40.2 cm³/mol. The quantitative estimate of drug-likeness (QED) is 0.453. The van der Waals surface area contributed by atoms with Crippen LogP contribution in [0, 0.1) is 5.41 Å². The summed E-state index contributed by atoms with van der Waals surface area (Å²) in [4.78, 5) is 0. The van der Waals surface area contributed by atoms with Gasteiger partial charge in [-0.3, -0.25) is 0 Å².